The van der Waals surface area contributed by atoms with Crippen molar-refractivity contribution in [2.24, 2.45) is 0 Å². The molecule has 1 amide bonds. The van der Waals surface area contributed by atoms with Crippen molar-refractivity contribution < 1.29 is 14.3 Å². The zero-order valence-electron chi connectivity index (χ0n) is 16.9. The molecule has 5 heteroatoms. The second kappa shape index (κ2) is 8.74. The summed E-state index contributed by atoms with van der Waals surface area (Å²) in [6, 6.07) is 18.8. The summed E-state index contributed by atoms with van der Waals surface area (Å²) in [6.07, 6.45) is -0.0560. The Morgan fingerprint density at radius 2 is 1.93 bits per heavy atom. The van der Waals surface area contributed by atoms with Gasteiger partial charge in [-0.25, -0.2) is 4.79 Å². The van der Waals surface area contributed by atoms with E-state index in [9.17, 15) is 9.59 Å². The number of esters is 1. The first-order valence-electron chi connectivity index (χ1n) is 9.66. The van der Waals surface area contributed by atoms with Crippen LogP contribution in [0, 0.1) is 11.3 Å². The molecule has 1 aliphatic heterocycles. The van der Waals surface area contributed by atoms with Gasteiger partial charge in [0.2, 0.25) is 5.91 Å². The molecule has 0 spiro atoms. The zero-order chi connectivity index (χ0) is 21.0. The average molecular weight is 388 g/mol. The Labute approximate surface area is 171 Å². The molecule has 0 saturated carbocycles. The van der Waals surface area contributed by atoms with Gasteiger partial charge in [-0.2, -0.15) is 5.26 Å². The first kappa shape index (κ1) is 20.3. The van der Waals surface area contributed by atoms with E-state index < -0.39 is 5.97 Å². The fourth-order valence-electron chi connectivity index (χ4n) is 3.64. The van der Waals surface area contributed by atoms with Crippen molar-refractivity contribution in [2.45, 2.75) is 45.8 Å². The molecule has 1 atom stereocenters. The summed E-state index contributed by atoms with van der Waals surface area (Å²) >= 11 is 0. The molecular formula is C24H24N2O3. The van der Waals surface area contributed by atoms with Crippen molar-refractivity contribution in [3.05, 3.63) is 82.6 Å². The third-order valence-electron chi connectivity index (χ3n) is 4.98. The normalized spacial score (nSPS) is 16.7. The van der Waals surface area contributed by atoms with Crippen LogP contribution >= 0.6 is 0 Å². The second-order valence-electron chi connectivity index (χ2n) is 7.41. The van der Waals surface area contributed by atoms with E-state index in [1.807, 2.05) is 50.2 Å². The molecule has 2 aromatic carbocycles. The van der Waals surface area contributed by atoms with Crippen molar-refractivity contribution in [2.75, 3.05) is 0 Å². The maximum absolute atomic E-state index is 13.0. The fourth-order valence-corrected chi connectivity index (χ4v) is 3.64. The minimum absolute atomic E-state index is 0.0557. The van der Waals surface area contributed by atoms with Gasteiger partial charge in [-0.1, -0.05) is 42.5 Å². The lowest BCUT2D eigenvalue weighted by molar-refractivity contribution is -0.143. The number of ether oxygens (including phenoxy) is 1. The van der Waals surface area contributed by atoms with Crippen molar-refractivity contribution in [1.29, 1.82) is 5.26 Å². The average Bonchev–Trinajstić information content (AvgIpc) is 2.70. The third kappa shape index (κ3) is 4.55. The van der Waals surface area contributed by atoms with Gasteiger partial charge in [-0.3, -0.25) is 4.79 Å². The van der Waals surface area contributed by atoms with Crippen LogP contribution in [0.2, 0.25) is 0 Å². The van der Waals surface area contributed by atoms with Crippen LogP contribution in [0.25, 0.3) is 0 Å². The molecule has 3 rings (SSSR count). The molecule has 1 aliphatic rings. The van der Waals surface area contributed by atoms with Gasteiger partial charge in [-0.15, -0.1) is 0 Å². The van der Waals surface area contributed by atoms with Gasteiger partial charge in [0.1, 0.15) is 0 Å². The largest absolute Gasteiger partial charge is 0.460 e. The Morgan fingerprint density at radius 1 is 1.21 bits per heavy atom. The number of rotatable bonds is 5. The van der Waals surface area contributed by atoms with Crippen LogP contribution in [0.15, 0.2) is 65.9 Å². The first-order valence-corrected chi connectivity index (χ1v) is 9.66. The lowest BCUT2D eigenvalue weighted by Gasteiger charge is -2.34. The molecule has 2 aromatic rings. The lowest BCUT2D eigenvalue weighted by Crippen LogP contribution is -2.38. The van der Waals surface area contributed by atoms with Crippen LogP contribution in [0.4, 0.5) is 0 Å². The molecule has 0 aliphatic carbocycles. The first-order chi connectivity index (χ1) is 13.9. The summed E-state index contributed by atoms with van der Waals surface area (Å²) in [4.78, 5) is 27.6. The Morgan fingerprint density at radius 3 is 2.59 bits per heavy atom. The summed E-state index contributed by atoms with van der Waals surface area (Å²) in [5, 5.41) is 9.13. The molecule has 0 unspecified atom stereocenters. The molecule has 5 nitrogen and oxygen atoms in total. The summed E-state index contributed by atoms with van der Waals surface area (Å²) < 4.78 is 5.50. The van der Waals surface area contributed by atoms with Gasteiger partial charge in [0.25, 0.3) is 0 Å². The number of amides is 1. The highest BCUT2D eigenvalue weighted by molar-refractivity contribution is 5.96. The number of nitrogens with zero attached hydrogens (tertiary/aromatic N) is 2. The number of allylic oxidation sites excluding steroid dienone is 1. The highest BCUT2D eigenvalue weighted by atomic mass is 16.5. The van der Waals surface area contributed by atoms with Crippen LogP contribution in [0.5, 0.6) is 0 Å². The minimum atomic E-state index is -0.394. The maximum Gasteiger partial charge on any atom is 0.336 e. The highest BCUT2D eigenvalue weighted by Gasteiger charge is 2.37. The smallest absolute Gasteiger partial charge is 0.336 e. The van der Waals surface area contributed by atoms with Gasteiger partial charge >= 0.3 is 5.97 Å². The minimum Gasteiger partial charge on any atom is -0.460 e. The Balaban J connectivity index is 2.02. The summed E-state index contributed by atoms with van der Waals surface area (Å²) in [6.45, 7) is 5.72. The second-order valence-corrected chi connectivity index (χ2v) is 7.41. The number of carbonyl (C=O) groups excluding carboxylic acids is 2. The molecule has 148 valence electrons. The number of benzene rings is 2. The van der Waals surface area contributed by atoms with Crippen molar-refractivity contribution in [3.63, 3.8) is 0 Å². The van der Waals surface area contributed by atoms with Crippen LogP contribution < -0.4 is 0 Å². The molecule has 0 fully saturated rings. The molecule has 0 saturated heterocycles. The number of hydrogen-bond acceptors (Lipinski definition) is 4. The topological polar surface area (TPSA) is 70.4 Å². The Hall–Kier alpha value is -3.39. The Kier molecular flexibility index (Phi) is 6.13. The number of carbonyl (C=O) groups is 2. The predicted octanol–water partition coefficient (Wildman–Crippen LogP) is 4.30. The molecule has 0 aromatic heterocycles. The van der Waals surface area contributed by atoms with E-state index in [2.05, 4.69) is 6.07 Å². The SMILES string of the molecule is CC1=C(C(=O)OC(C)C)[C@@H](c2ccccc2)CC(=O)N1Cc1cccc(C#N)c1. The van der Waals surface area contributed by atoms with Gasteiger partial charge in [0, 0.05) is 18.0 Å². The van der Waals surface area contributed by atoms with E-state index in [0.717, 1.165) is 11.1 Å². The monoisotopic (exact) mass is 388 g/mol. The number of nitriles is 1. The molecule has 0 radical (unpaired) electrons. The van der Waals surface area contributed by atoms with E-state index in [1.54, 1.807) is 30.0 Å². The Bertz CT molecular complexity index is 987. The van der Waals surface area contributed by atoms with Crippen molar-refractivity contribution >= 4 is 11.9 Å². The van der Waals surface area contributed by atoms with E-state index in [0.29, 0.717) is 23.4 Å². The van der Waals surface area contributed by atoms with Crippen LogP contribution in [0.3, 0.4) is 0 Å². The van der Waals surface area contributed by atoms with Crippen LogP contribution in [-0.4, -0.2) is 22.9 Å². The predicted molar refractivity (Wildman–Crippen MR) is 109 cm³/mol. The van der Waals surface area contributed by atoms with Gasteiger partial charge in [-0.05, 0) is 44.0 Å². The lowest BCUT2D eigenvalue weighted by atomic mass is 9.83. The molecule has 0 N–H and O–H groups in total. The number of hydrogen-bond donors (Lipinski definition) is 0. The van der Waals surface area contributed by atoms with E-state index >= 15 is 0 Å². The quantitative estimate of drug-likeness (QED) is 0.716. The van der Waals surface area contributed by atoms with Gasteiger partial charge < -0.3 is 9.64 Å². The van der Waals surface area contributed by atoms with Gasteiger partial charge in [0.15, 0.2) is 0 Å². The molecule has 29 heavy (non-hydrogen) atoms. The summed E-state index contributed by atoms with van der Waals surface area (Å²) in [5.41, 5.74) is 3.41. The van der Waals surface area contributed by atoms with Crippen molar-refractivity contribution in [3.8, 4) is 6.07 Å². The fraction of sp³-hybridized carbons (Fsp3) is 0.292. The van der Waals surface area contributed by atoms with Gasteiger partial charge in [0.05, 0.1) is 29.9 Å². The van der Waals surface area contributed by atoms with E-state index in [1.165, 1.54) is 0 Å². The summed E-state index contributed by atoms with van der Waals surface area (Å²) in [7, 11) is 0. The van der Waals surface area contributed by atoms with E-state index in [4.69, 9.17) is 10.00 Å². The highest BCUT2D eigenvalue weighted by Crippen LogP contribution is 2.37. The standard InChI is InChI=1S/C24H24N2O3/c1-16(2)29-24(28)23-17(3)26(15-19-9-7-8-18(12-19)14-25)22(27)13-21(23)20-10-5-4-6-11-20/h4-12,16,21H,13,15H2,1-3H3/t21-/m1/s1. The third-order valence-corrected chi connectivity index (χ3v) is 4.98. The maximum atomic E-state index is 13.0. The zero-order valence-corrected chi connectivity index (χ0v) is 16.9. The van der Waals surface area contributed by atoms with Crippen LogP contribution in [-0.2, 0) is 20.9 Å². The van der Waals surface area contributed by atoms with Crippen molar-refractivity contribution in [1.82, 2.24) is 4.90 Å². The molecular weight excluding hydrogens is 364 g/mol. The van der Waals surface area contributed by atoms with Crippen LogP contribution in [0.1, 0.15) is 49.8 Å². The molecule has 0 bridgehead atoms. The molecule has 1 heterocycles. The summed E-state index contributed by atoms with van der Waals surface area (Å²) in [5.74, 6) is -0.786. The van der Waals surface area contributed by atoms with E-state index in [-0.39, 0.29) is 24.3 Å².